The van der Waals surface area contributed by atoms with Crippen molar-refractivity contribution in [1.29, 1.82) is 0 Å². The third kappa shape index (κ3) is 6.88. The minimum absolute atomic E-state index is 0.00256. The van der Waals surface area contributed by atoms with Gasteiger partial charge in [-0.05, 0) is 49.4 Å². The van der Waals surface area contributed by atoms with Crippen molar-refractivity contribution in [3.8, 4) is 17.0 Å². The summed E-state index contributed by atoms with van der Waals surface area (Å²) in [5, 5.41) is 8.17. The van der Waals surface area contributed by atoms with Gasteiger partial charge in [0.1, 0.15) is 12.4 Å². The van der Waals surface area contributed by atoms with Gasteiger partial charge >= 0.3 is 0 Å². The van der Waals surface area contributed by atoms with E-state index in [4.69, 9.17) is 9.47 Å². The van der Waals surface area contributed by atoms with E-state index in [9.17, 15) is 9.59 Å². The summed E-state index contributed by atoms with van der Waals surface area (Å²) in [7, 11) is 0. The number of aromatic nitrogens is 1. The van der Waals surface area contributed by atoms with E-state index in [0.29, 0.717) is 29.6 Å². The fourth-order valence-corrected chi connectivity index (χ4v) is 4.44. The number of benzene rings is 2. The molecule has 1 unspecified atom stereocenters. The van der Waals surface area contributed by atoms with Gasteiger partial charge in [-0.15, -0.1) is 11.3 Å². The summed E-state index contributed by atoms with van der Waals surface area (Å²) in [6, 6.07) is 15.4. The Morgan fingerprint density at radius 3 is 2.82 bits per heavy atom. The second-order valence-electron chi connectivity index (χ2n) is 8.25. The fourth-order valence-electron chi connectivity index (χ4n) is 3.72. The average Bonchev–Trinajstić information content (AvgIpc) is 3.53. The van der Waals surface area contributed by atoms with Gasteiger partial charge in [-0.2, -0.15) is 0 Å². The molecule has 1 atom stereocenters. The van der Waals surface area contributed by atoms with E-state index in [1.165, 1.54) is 23.8 Å². The van der Waals surface area contributed by atoms with Crippen LogP contribution in [-0.2, 0) is 16.0 Å². The number of carbonyl (C=O) groups excluding carboxylic acids is 2. The summed E-state index contributed by atoms with van der Waals surface area (Å²) in [6.45, 7) is 3.49. The number of ether oxygens (including phenoxy) is 2. The zero-order chi connectivity index (χ0) is 23.8. The van der Waals surface area contributed by atoms with Gasteiger partial charge in [0.15, 0.2) is 5.13 Å². The van der Waals surface area contributed by atoms with E-state index < -0.39 is 0 Å². The Hall–Kier alpha value is -3.23. The van der Waals surface area contributed by atoms with E-state index in [2.05, 4.69) is 27.8 Å². The van der Waals surface area contributed by atoms with Crippen LogP contribution in [0, 0.1) is 0 Å². The number of aryl methyl sites for hydroxylation is 1. The van der Waals surface area contributed by atoms with Crippen molar-refractivity contribution < 1.29 is 19.1 Å². The molecule has 0 spiro atoms. The quantitative estimate of drug-likeness (QED) is 0.412. The lowest BCUT2D eigenvalue weighted by molar-refractivity contribution is -0.118. The molecule has 0 saturated carbocycles. The average molecular weight is 480 g/mol. The molecule has 7 nitrogen and oxygen atoms in total. The molecule has 2 aromatic carbocycles. The molecule has 178 valence electrons. The molecule has 2 amide bonds. The zero-order valence-electron chi connectivity index (χ0n) is 19.2. The lowest BCUT2D eigenvalue weighted by Gasteiger charge is -2.12. The first kappa shape index (κ1) is 23.9. The van der Waals surface area contributed by atoms with E-state index in [1.54, 1.807) is 12.1 Å². The van der Waals surface area contributed by atoms with Crippen molar-refractivity contribution in [3.05, 3.63) is 65.0 Å². The topological polar surface area (TPSA) is 89.6 Å². The summed E-state index contributed by atoms with van der Waals surface area (Å²) in [5.41, 5.74) is 3.54. The summed E-state index contributed by atoms with van der Waals surface area (Å²) >= 11 is 1.39. The molecule has 1 fully saturated rings. The Morgan fingerprint density at radius 2 is 2.06 bits per heavy atom. The highest BCUT2D eigenvalue weighted by Gasteiger charge is 2.16. The lowest BCUT2D eigenvalue weighted by atomic mass is 10.1. The van der Waals surface area contributed by atoms with Gasteiger partial charge in [-0.25, -0.2) is 4.98 Å². The Bertz CT molecular complexity index is 1110. The summed E-state index contributed by atoms with van der Waals surface area (Å²) in [6.07, 6.45) is 4.00. The predicted octanol–water partition coefficient (Wildman–Crippen LogP) is 4.69. The molecular weight excluding hydrogens is 450 g/mol. The number of amides is 2. The molecule has 1 saturated heterocycles. The van der Waals surface area contributed by atoms with Gasteiger partial charge in [0.25, 0.3) is 5.91 Å². The maximum absolute atomic E-state index is 12.7. The number of hydrogen-bond acceptors (Lipinski definition) is 6. The molecule has 2 N–H and O–H groups in total. The second-order valence-corrected chi connectivity index (χ2v) is 9.11. The number of hydrogen-bond donors (Lipinski definition) is 2. The molecule has 1 aromatic heterocycles. The molecule has 34 heavy (non-hydrogen) atoms. The van der Waals surface area contributed by atoms with Gasteiger partial charge in [0.2, 0.25) is 5.91 Å². The highest BCUT2D eigenvalue weighted by molar-refractivity contribution is 7.14. The first-order chi connectivity index (χ1) is 16.6. The third-order valence-corrected chi connectivity index (χ3v) is 6.30. The molecule has 2 heterocycles. The van der Waals surface area contributed by atoms with Gasteiger partial charge in [-0.3, -0.25) is 14.9 Å². The van der Waals surface area contributed by atoms with Gasteiger partial charge < -0.3 is 14.8 Å². The molecule has 8 heteroatoms. The van der Waals surface area contributed by atoms with E-state index in [-0.39, 0.29) is 17.9 Å². The van der Waals surface area contributed by atoms with Crippen molar-refractivity contribution >= 4 is 28.3 Å². The smallest absolute Gasteiger partial charge is 0.257 e. The van der Waals surface area contributed by atoms with E-state index >= 15 is 0 Å². The Morgan fingerprint density at radius 1 is 1.21 bits per heavy atom. The van der Waals surface area contributed by atoms with Crippen LogP contribution in [0.1, 0.15) is 42.1 Å². The van der Waals surface area contributed by atoms with Gasteiger partial charge in [-0.1, -0.05) is 30.3 Å². The van der Waals surface area contributed by atoms with Crippen LogP contribution in [0.4, 0.5) is 5.13 Å². The van der Waals surface area contributed by atoms with Crippen molar-refractivity contribution in [2.24, 2.45) is 0 Å². The minimum atomic E-state index is -0.224. The Balaban J connectivity index is 1.30. The largest absolute Gasteiger partial charge is 0.491 e. The minimum Gasteiger partial charge on any atom is -0.491 e. The van der Waals surface area contributed by atoms with E-state index in [0.717, 1.165) is 43.5 Å². The molecule has 0 radical (unpaired) electrons. The summed E-state index contributed by atoms with van der Waals surface area (Å²) < 4.78 is 11.4. The molecule has 0 aliphatic carbocycles. The SMILES string of the molecule is CC(=O)NCCCc1ccc(-c2csc(NC(=O)c3cccc(OCC4CCCO4)c3)n2)cc1. The number of nitrogens with zero attached hydrogens (tertiary/aromatic N) is 1. The van der Waals surface area contributed by atoms with Crippen LogP contribution >= 0.6 is 11.3 Å². The summed E-state index contributed by atoms with van der Waals surface area (Å²) in [4.78, 5) is 28.2. The second kappa shape index (κ2) is 11.8. The molecule has 1 aliphatic rings. The normalized spacial score (nSPS) is 15.1. The van der Waals surface area contributed by atoms with E-state index in [1.807, 2.05) is 29.6 Å². The van der Waals surface area contributed by atoms with Crippen molar-refractivity contribution in [2.75, 3.05) is 25.1 Å². The zero-order valence-corrected chi connectivity index (χ0v) is 20.0. The molecule has 1 aliphatic heterocycles. The Labute approximate surface area is 203 Å². The fraction of sp³-hybridized carbons (Fsp3) is 0.346. The highest BCUT2D eigenvalue weighted by atomic mass is 32.1. The standard InChI is InChI=1S/C26H29N3O4S/c1-18(30)27-13-3-5-19-9-11-20(12-10-19)24-17-34-26(28-24)29-25(31)21-6-2-7-22(15-21)33-16-23-8-4-14-32-23/h2,6-7,9-12,15,17,23H,3-5,8,13-14,16H2,1H3,(H,27,30)(H,28,29,31). The number of anilines is 1. The molecular formula is C26H29N3O4S. The maximum Gasteiger partial charge on any atom is 0.257 e. The number of carbonyl (C=O) groups is 2. The first-order valence-electron chi connectivity index (χ1n) is 11.5. The van der Waals surface area contributed by atoms with Crippen molar-refractivity contribution in [2.45, 2.75) is 38.7 Å². The van der Waals surface area contributed by atoms with Crippen LogP contribution in [0.15, 0.2) is 53.9 Å². The number of rotatable bonds is 10. The van der Waals surface area contributed by atoms with Crippen molar-refractivity contribution in [3.63, 3.8) is 0 Å². The van der Waals surface area contributed by atoms with Crippen molar-refractivity contribution in [1.82, 2.24) is 10.3 Å². The van der Waals surface area contributed by atoms with Crippen LogP contribution in [0.5, 0.6) is 5.75 Å². The molecule has 3 aromatic rings. The third-order valence-electron chi connectivity index (χ3n) is 5.55. The predicted molar refractivity (Wildman–Crippen MR) is 133 cm³/mol. The Kier molecular flexibility index (Phi) is 8.27. The number of nitrogens with one attached hydrogen (secondary N) is 2. The van der Waals surface area contributed by atoms with Crippen LogP contribution in [-0.4, -0.2) is 42.7 Å². The van der Waals surface area contributed by atoms with Crippen LogP contribution in [0.3, 0.4) is 0 Å². The van der Waals surface area contributed by atoms with Gasteiger partial charge in [0.05, 0.1) is 11.8 Å². The highest BCUT2D eigenvalue weighted by Crippen LogP contribution is 2.26. The summed E-state index contributed by atoms with van der Waals surface area (Å²) in [5.74, 6) is 0.426. The van der Waals surface area contributed by atoms with Crippen LogP contribution in [0.2, 0.25) is 0 Å². The molecule has 0 bridgehead atoms. The van der Waals surface area contributed by atoms with Crippen LogP contribution in [0.25, 0.3) is 11.3 Å². The maximum atomic E-state index is 12.7. The first-order valence-corrected chi connectivity index (χ1v) is 12.4. The lowest BCUT2D eigenvalue weighted by Crippen LogP contribution is -2.21. The number of thiazole rings is 1. The monoisotopic (exact) mass is 479 g/mol. The molecule has 4 rings (SSSR count). The van der Waals surface area contributed by atoms with Crippen LogP contribution < -0.4 is 15.4 Å². The van der Waals surface area contributed by atoms with Gasteiger partial charge in [0, 0.05) is 36.6 Å².